The second-order valence-electron chi connectivity index (χ2n) is 8.93. The molecule has 1 heterocycles. The van der Waals surface area contributed by atoms with Gasteiger partial charge in [0.2, 0.25) is 0 Å². The zero-order valence-corrected chi connectivity index (χ0v) is 20.5. The summed E-state index contributed by atoms with van der Waals surface area (Å²) in [6.07, 6.45) is -8.43. The lowest BCUT2D eigenvalue weighted by molar-refractivity contribution is -0.140. The van der Waals surface area contributed by atoms with Crippen molar-refractivity contribution >= 4 is 17.5 Å². The van der Waals surface area contributed by atoms with E-state index in [1.807, 2.05) is 13.8 Å². The highest BCUT2D eigenvalue weighted by atomic mass is 19.4. The molecule has 0 amide bonds. The van der Waals surface area contributed by atoms with Crippen molar-refractivity contribution in [3.05, 3.63) is 77.4 Å². The first-order valence-corrected chi connectivity index (χ1v) is 11.5. The van der Waals surface area contributed by atoms with Crippen LogP contribution in [-0.4, -0.2) is 24.6 Å². The van der Waals surface area contributed by atoms with Crippen molar-refractivity contribution in [2.24, 2.45) is 5.92 Å². The number of aromatic nitrogens is 1. The largest absolute Gasteiger partial charge is 0.469 e. The number of halogens is 6. The number of pyridine rings is 1. The molecule has 0 saturated heterocycles. The third kappa shape index (κ3) is 7.47. The van der Waals surface area contributed by atoms with Crippen molar-refractivity contribution in [3.63, 3.8) is 0 Å². The number of anilines is 2. The predicted molar refractivity (Wildman–Crippen MR) is 128 cm³/mol. The van der Waals surface area contributed by atoms with E-state index in [0.29, 0.717) is 41.3 Å². The van der Waals surface area contributed by atoms with Crippen LogP contribution in [0.1, 0.15) is 37.0 Å². The van der Waals surface area contributed by atoms with Gasteiger partial charge in [-0.2, -0.15) is 26.3 Å². The summed E-state index contributed by atoms with van der Waals surface area (Å²) in [5.41, 5.74) is 0.0372. The van der Waals surface area contributed by atoms with E-state index in [1.54, 1.807) is 17.0 Å². The van der Waals surface area contributed by atoms with Crippen molar-refractivity contribution in [2.45, 2.75) is 39.0 Å². The van der Waals surface area contributed by atoms with Crippen LogP contribution in [0.3, 0.4) is 0 Å². The summed E-state index contributed by atoms with van der Waals surface area (Å²) in [5.74, 6) is 0.0834. The Labute approximate surface area is 210 Å². The lowest BCUT2D eigenvalue weighted by Gasteiger charge is -2.26. The molecule has 0 spiro atoms. The molecule has 0 aliphatic rings. The Hall–Kier alpha value is -3.56. The molecule has 37 heavy (non-hydrogen) atoms. The fraction of sp³-hybridized carbons (Fsp3) is 0.333. The number of rotatable bonds is 8. The summed E-state index contributed by atoms with van der Waals surface area (Å²) in [4.78, 5) is 18.3. The van der Waals surface area contributed by atoms with E-state index in [4.69, 9.17) is 4.74 Å². The van der Waals surface area contributed by atoms with E-state index in [9.17, 15) is 31.1 Å². The predicted octanol–water partition coefficient (Wildman–Crippen LogP) is 7.69. The molecule has 0 unspecified atom stereocenters. The maximum atomic E-state index is 13.1. The number of hydrogen-bond donors (Lipinski definition) is 0. The second-order valence-corrected chi connectivity index (χ2v) is 8.93. The number of benzene rings is 2. The number of methoxy groups -OCH3 is 1. The van der Waals surface area contributed by atoms with Gasteiger partial charge in [0.1, 0.15) is 5.82 Å². The zero-order valence-electron chi connectivity index (χ0n) is 20.5. The lowest BCUT2D eigenvalue weighted by atomic mass is 10.0. The normalized spacial score (nSPS) is 12.1. The van der Waals surface area contributed by atoms with Crippen LogP contribution in [0.15, 0.2) is 60.7 Å². The number of esters is 1. The Bertz CT molecular complexity index is 1200. The minimum Gasteiger partial charge on any atom is -0.469 e. The molecule has 0 aliphatic carbocycles. The second kappa shape index (κ2) is 11.2. The van der Waals surface area contributed by atoms with Gasteiger partial charge in [-0.3, -0.25) is 4.79 Å². The minimum atomic E-state index is -4.50. The highest BCUT2D eigenvalue weighted by molar-refractivity contribution is 5.75. The van der Waals surface area contributed by atoms with E-state index in [-0.39, 0.29) is 12.3 Å². The number of carbonyl (C=O) groups is 1. The molecule has 0 radical (unpaired) electrons. The summed E-state index contributed by atoms with van der Waals surface area (Å²) in [5, 5.41) is 0. The van der Waals surface area contributed by atoms with E-state index < -0.39 is 29.4 Å². The molecular formula is C27H26F6N2O2. The Kier molecular flexibility index (Phi) is 8.50. The van der Waals surface area contributed by atoms with Gasteiger partial charge in [0.15, 0.2) is 0 Å². The van der Waals surface area contributed by atoms with Crippen molar-refractivity contribution in [2.75, 3.05) is 18.6 Å². The molecule has 0 fully saturated rings. The maximum absolute atomic E-state index is 13.1. The summed E-state index contributed by atoms with van der Waals surface area (Å²) in [6.45, 7) is 4.41. The van der Waals surface area contributed by atoms with Crippen molar-refractivity contribution < 1.29 is 35.9 Å². The highest BCUT2D eigenvalue weighted by Gasteiger charge is 2.31. The molecule has 0 bridgehead atoms. The molecule has 0 aliphatic heterocycles. The van der Waals surface area contributed by atoms with Gasteiger partial charge in [-0.25, -0.2) is 4.98 Å². The van der Waals surface area contributed by atoms with Crippen molar-refractivity contribution in [3.8, 4) is 11.3 Å². The van der Waals surface area contributed by atoms with Gasteiger partial charge in [-0.15, -0.1) is 0 Å². The monoisotopic (exact) mass is 524 g/mol. The molecule has 3 rings (SSSR count). The first-order valence-electron chi connectivity index (χ1n) is 11.5. The van der Waals surface area contributed by atoms with Crippen LogP contribution in [0.5, 0.6) is 0 Å². The van der Waals surface area contributed by atoms with Crippen LogP contribution in [0.2, 0.25) is 0 Å². The smallest absolute Gasteiger partial charge is 0.416 e. The number of ether oxygens (including phenoxy) is 1. The highest BCUT2D eigenvalue weighted by Crippen LogP contribution is 2.35. The molecule has 1 aromatic heterocycles. The van der Waals surface area contributed by atoms with Crippen LogP contribution < -0.4 is 4.90 Å². The first kappa shape index (κ1) is 28.0. The number of hydrogen-bond acceptors (Lipinski definition) is 4. The number of carbonyl (C=O) groups excluding carboxylic acids is 1. The van der Waals surface area contributed by atoms with Gasteiger partial charge >= 0.3 is 18.3 Å². The topological polar surface area (TPSA) is 42.4 Å². The third-order valence-electron chi connectivity index (χ3n) is 5.67. The quantitative estimate of drug-likeness (QED) is 0.224. The van der Waals surface area contributed by atoms with Gasteiger partial charge in [0, 0.05) is 17.8 Å². The zero-order chi connectivity index (χ0) is 27.4. The summed E-state index contributed by atoms with van der Waals surface area (Å²) in [7, 11) is 1.23. The molecule has 3 aromatic rings. The van der Waals surface area contributed by atoms with Crippen molar-refractivity contribution in [1.29, 1.82) is 0 Å². The Morgan fingerprint density at radius 2 is 1.43 bits per heavy atom. The molecule has 0 atom stereocenters. The van der Waals surface area contributed by atoms with E-state index >= 15 is 0 Å². The molecule has 2 aromatic carbocycles. The van der Waals surface area contributed by atoms with E-state index in [1.165, 1.54) is 31.4 Å². The van der Waals surface area contributed by atoms with Gasteiger partial charge in [0.05, 0.1) is 30.4 Å². The summed E-state index contributed by atoms with van der Waals surface area (Å²) < 4.78 is 83.2. The lowest BCUT2D eigenvalue weighted by Crippen LogP contribution is -2.22. The minimum absolute atomic E-state index is 0.120. The Morgan fingerprint density at radius 1 is 0.892 bits per heavy atom. The molecule has 198 valence electrons. The van der Waals surface area contributed by atoms with Crippen molar-refractivity contribution in [1.82, 2.24) is 4.98 Å². The number of alkyl halides is 6. The summed E-state index contributed by atoms with van der Waals surface area (Å²) >= 11 is 0. The van der Waals surface area contributed by atoms with Crippen LogP contribution >= 0.6 is 0 Å². The van der Waals surface area contributed by atoms with Gasteiger partial charge in [-0.05, 0) is 66.4 Å². The molecule has 10 heteroatoms. The van der Waals surface area contributed by atoms with E-state index in [2.05, 4.69) is 4.98 Å². The third-order valence-corrected chi connectivity index (χ3v) is 5.67. The van der Waals surface area contributed by atoms with E-state index in [0.717, 1.165) is 24.3 Å². The maximum Gasteiger partial charge on any atom is 0.416 e. The fourth-order valence-electron chi connectivity index (χ4n) is 3.62. The fourth-order valence-corrected chi connectivity index (χ4v) is 3.62. The Morgan fingerprint density at radius 3 is 1.92 bits per heavy atom. The van der Waals surface area contributed by atoms with Gasteiger partial charge in [0.25, 0.3) is 0 Å². The Balaban J connectivity index is 2.11. The summed E-state index contributed by atoms with van der Waals surface area (Å²) in [6, 6.07) is 12.3. The van der Waals surface area contributed by atoms with Crippen LogP contribution in [0.25, 0.3) is 11.3 Å². The standard InChI is InChI=1S/C27H26F6N2O2/c1-17(2)12-13-35(22-10-8-21(9-11-22)27(31,32)33)24-15-18(16-25(36)37-3)14-23(34-24)19-4-6-20(7-5-19)26(28,29)30/h4-11,14-15,17H,12-13,16H2,1-3H3. The van der Waals surface area contributed by atoms with Gasteiger partial charge < -0.3 is 9.64 Å². The SMILES string of the molecule is COC(=O)Cc1cc(-c2ccc(C(F)(F)F)cc2)nc(N(CCC(C)C)c2ccc(C(F)(F)F)cc2)c1. The molecular weight excluding hydrogens is 498 g/mol. The van der Waals surface area contributed by atoms with Gasteiger partial charge in [-0.1, -0.05) is 26.0 Å². The van der Waals surface area contributed by atoms with Crippen LogP contribution in [0, 0.1) is 5.92 Å². The number of nitrogens with zero attached hydrogens (tertiary/aromatic N) is 2. The average Bonchev–Trinajstić information content (AvgIpc) is 2.83. The molecule has 0 saturated carbocycles. The molecule has 4 nitrogen and oxygen atoms in total. The van der Waals surface area contributed by atoms with Crippen LogP contribution in [0.4, 0.5) is 37.8 Å². The molecule has 0 N–H and O–H groups in total. The first-order chi connectivity index (χ1) is 17.3. The average molecular weight is 525 g/mol. The van der Waals surface area contributed by atoms with Crippen LogP contribution in [-0.2, 0) is 28.3 Å².